The average Bonchev–Trinajstić information content (AvgIpc) is 3.50. The third-order valence-corrected chi connectivity index (χ3v) is 9.20. The number of aromatic nitrogens is 3. The Morgan fingerprint density at radius 1 is 1.08 bits per heavy atom. The maximum absolute atomic E-state index is 16.5. The van der Waals surface area contributed by atoms with Crippen LogP contribution in [0.2, 0.25) is 0 Å². The van der Waals surface area contributed by atoms with Gasteiger partial charge in [0, 0.05) is 49.5 Å². The summed E-state index contributed by atoms with van der Waals surface area (Å²) in [5.41, 5.74) is 0.879. The molecule has 2 bridgehead atoms. The Labute approximate surface area is 225 Å². The molecule has 4 aliphatic rings. The maximum Gasteiger partial charge on any atom is 0.319 e. The van der Waals surface area contributed by atoms with E-state index in [4.69, 9.17) is 9.72 Å². The SMILES string of the molecule is CN1C[C@@H]2CC2[C@H]1COc1nc(N2CC3CCC(C2)N3)c2cnc(-c3cc(O)cc4ccccc34)c(F)c2n1. The highest BCUT2D eigenvalue weighted by Crippen LogP contribution is 2.49. The van der Waals surface area contributed by atoms with Gasteiger partial charge in [0.25, 0.3) is 0 Å². The second-order valence-electron chi connectivity index (χ2n) is 11.7. The van der Waals surface area contributed by atoms with E-state index < -0.39 is 5.82 Å². The molecule has 3 aliphatic heterocycles. The molecule has 8 rings (SSSR count). The standard InChI is InChI=1S/C30H31FN6O2/c1-36-12-17-9-22(17)25(36)15-39-30-34-28-24(29(35-30)37-13-18-6-7-19(14-37)33-18)11-32-27(26(28)31)23-10-20(38)8-16-4-2-3-5-21(16)23/h2-5,8,10-11,17-19,22,25,33,38H,6-7,9,12-15H2,1H3/t17-,18?,19?,22?,25+/m0/s1. The average molecular weight is 527 g/mol. The number of aromatic hydroxyl groups is 1. The van der Waals surface area contributed by atoms with Crippen LogP contribution < -0.4 is 15.0 Å². The fourth-order valence-corrected chi connectivity index (χ4v) is 7.17. The molecular formula is C30H31FN6O2. The van der Waals surface area contributed by atoms with E-state index in [0.29, 0.717) is 47.4 Å². The normalized spacial score (nSPS) is 27.8. The number of phenolic OH excluding ortho intramolecular Hbond substituents is 1. The zero-order chi connectivity index (χ0) is 26.2. The Morgan fingerprint density at radius 2 is 1.90 bits per heavy atom. The number of piperazine rings is 1. The van der Waals surface area contributed by atoms with Crippen molar-refractivity contribution in [3.8, 4) is 23.0 Å². The van der Waals surface area contributed by atoms with E-state index in [-0.39, 0.29) is 23.0 Å². The number of likely N-dealkylation sites (N-methyl/N-ethyl adjacent to an activating group) is 1. The molecule has 0 spiro atoms. The van der Waals surface area contributed by atoms with Crippen molar-refractivity contribution in [2.75, 3.05) is 38.2 Å². The van der Waals surface area contributed by atoms with Crippen molar-refractivity contribution < 1.29 is 14.2 Å². The number of rotatable bonds is 5. The van der Waals surface area contributed by atoms with Gasteiger partial charge >= 0.3 is 6.01 Å². The van der Waals surface area contributed by atoms with Gasteiger partial charge in [-0.2, -0.15) is 9.97 Å². The summed E-state index contributed by atoms with van der Waals surface area (Å²) in [5.74, 6) is 1.65. The number of nitrogens with zero attached hydrogens (tertiary/aromatic N) is 5. The Bertz CT molecular complexity index is 1600. The minimum atomic E-state index is -0.532. The van der Waals surface area contributed by atoms with E-state index in [0.717, 1.165) is 49.2 Å². The first-order valence-corrected chi connectivity index (χ1v) is 13.9. The number of phenols is 1. The molecule has 1 saturated carbocycles. The number of anilines is 1. The van der Waals surface area contributed by atoms with Crippen LogP contribution in [0.25, 0.3) is 32.9 Å². The number of halogens is 1. The number of likely N-dealkylation sites (tertiary alicyclic amines) is 1. The van der Waals surface area contributed by atoms with Gasteiger partial charge < -0.3 is 20.1 Å². The van der Waals surface area contributed by atoms with E-state index in [1.54, 1.807) is 18.3 Å². The molecule has 3 saturated heterocycles. The van der Waals surface area contributed by atoms with Crippen molar-refractivity contribution in [3.05, 3.63) is 48.4 Å². The van der Waals surface area contributed by atoms with Crippen molar-refractivity contribution in [1.82, 2.24) is 25.2 Å². The summed E-state index contributed by atoms with van der Waals surface area (Å²) in [6.07, 6.45) is 5.19. The fourth-order valence-electron chi connectivity index (χ4n) is 7.17. The highest BCUT2D eigenvalue weighted by molar-refractivity contribution is 5.99. The molecule has 2 aromatic heterocycles. The topological polar surface area (TPSA) is 86.6 Å². The molecule has 4 aromatic rings. The second-order valence-corrected chi connectivity index (χ2v) is 11.7. The number of nitrogens with one attached hydrogen (secondary N) is 1. The van der Waals surface area contributed by atoms with Gasteiger partial charge in [-0.3, -0.25) is 9.88 Å². The van der Waals surface area contributed by atoms with Crippen LogP contribution in [0.3, 0.4) is 0 Å². The fraction of sp³-hybridized carbons (Fsp3) is 0.433. The number of hydrogen-bond donors (Lipinski definition) is 2. The van der Waals surface area contributed by atoms with E-state index in [1.807, 2.05) is 24.3 Å². The number of ether oxygens (including phenoxy) is 1. The van der Waals surface area contributed by atoms with E-state index in [1.165, 1.54) is 6.42 Å². The zero-order valence-electron chi connectivity index (χ0n) is 21.8. The smallest absolute Gasteiger partial charge is 0.319 e. The lowest BCUT2D eigenvalue weighted by molar-refractivity contribution is 0.167. The van der Waals surface area contributed by atoms with Crippen LogP contribution in [0.5, 0.6) is 11.8 Å². The molecule has 0 amide bonds. The molecule has 8 nitrogen and oxygen atoms in total. The molecule has 200 valence electrons. The highest BCUT2D eigenvalue weighted by Gasteiger charge is 2.51. The van der Waals surface area contributed by atoms with Crippen LogP contribution in [-0.4, -0.2) is 76.4 Å². The quantitative estimate of drug-likeness (QED) is 0.404. The molecule has 5 atom stereocenters. The number of fused-ring (bicyclic) bond motifs is 5. The van der Waals surface area contributed by atoms with Gasteiger partial charge in [-0.15, -0.1) is 0 Å². The second kappa shape index (κ2) is 8.72. The minimum absolute atomic E-state index is 0.0627. The molecular weight excluding hydrogens is 495 g/mol. The van der Waals surface area contributed by atoms with Gasteiger partial charge in [-0.05, 0) is 61.1 Å². The summed E-state index contributed by atoms with van der Waals surface area (Å²) in [5, 5.41) is 16.3. The molecule has 5 heterocycles. The number of benzene rings is 2. The zero-order valence-corrected chi connectivity index (χ0v) is 21.8. The van der Waals surface area contributed by atoms with Crippen LogP contribution in [-0.2, 0) is 0 Å². The van der Waals surface area contributed by atoms with E-state index in [2.05, 4.69) is 32.1 Å². The Balaban J connectivity index is 1.25. The number of hydrogen-bond acceptors (Lipinski definition) is 8. The summed E-state index contributed by atoms with van der Waals surface area (Å²) < 4.78 is 22.7. The van der Waals surface area contributed by atoms with Crippen molar-refractivity contribution in [2.24, 2.45) is 11.8 Å². The lowest BCUT2D eigenvalue weighted by Crippen LogP contribution is -2.51. The Kier molecular flexibility index (Phi) is 5.22. The van der Waals surface area contributed by atoms with Crippen LogP contribution in [0.15, 0.2) is 42.6 Å². The van der Waals surface area contributed by atoms with Crippen molar-refractivity contribution in [3.63, 3.8) is 0 Å². The summed E-state index contributed by atoms with van der Waals surface area (Å²) in [6.45, 7) is 3.20. The first kappa shape index (κ1) is 23.3. The third-order valence-electron chi connectivity index (χ3n) is 9.20. The Morgan fingerprint density at radius 3 is 2.69 bits per heavy atom. The lowest BCUT2D eigenvalue weighted by atomic mass is 10.0. The maximum atomic E-state index is 16.5. The summed E-state index contributed by atoms with van der Waals surface area (Å²) in [6, 6.07) is 12.2. The van der Waals surface area contributed by atoms with Gasteiger partial charge in [0.2, 0.25) is 0 Å². The highest BCUT2D eigenvalue weighted by atomic mass is 19.1. The summed E-state index contributed by atoms with van der Waals surface area (Å²) >= 11 is 0. The van der Waals surface area contributed by atoms with Crippen molar-refractivity contribution >= 4 is 27.5 Å². The summed E-state index contributed by atoms with van der Waals surface area (Å²) in [4.78, 5) is 18.7. The van der Waals surface area contributed by atoms with Crippen LogP contribution in [0.1, 0.15) is 19.3 Å². The van der Waals surface area contributed by atoms with Gasteiger partial charge in [-0.25, -0.2) is 4.39 Å². The lowest BCUT2D eigenvalue weighted by Gasteiger charge is -2.34. The van der Waals surface area contributed by atoms with Crippen molar-refractivity contribution in [2.45, 2.75) is 37.4 Å². The number of piperidine rings is 1. The molecule has 4 fully saturated rings. The minimum Gasteiger partial charge on any atom is -0.508 e. The van der Waals surface area contributed by atoms with E-state index >= 15 is 4.39 Å². The molecule has 39 heavy (non-hydrogen) atoms. The molecule has 1 aliphatic carbocycles. The molecule has 3 unspecified atom stereocenters. The summed E-state index contributed by atoms with van der Waals surface area (Å²) in [7, 11) is 2.14. The first-order valence-electron chi connectivity index (χ1n) is 13.9. The molecule has 0 radical (unpaired) electrons. The van der Waals surface area contributed by atoms with Crippen LogP contribution in [0, 0.1) is 17.7 Å². The molecule has 2 aromatic carbocycles. The third kappa shape index (κ3) is 3.90. The predicted molar refractivity (Wildman–Crippen MR) is 148 cm³/mol. The Hall–Kier alpha value is -3.56. The van der Waals surface area contributed by atoms with Crippen molar-refractivity contribution in [1.29, 1.82) is 0 Å². The monoisotopic (exact) mass is 526 g/mol. The molecule has 2 N–H and O–H groups in total. The first-order chi connectivity index (χ1) is 19.0. The van der Waals surface area contributed by atoms with Gasteiger partial charge in [0.15, 0.2) is 5.82 Å². The number of pyridine rings is 1. The largest absolute Gasteiger partial charge is 0.508 e. The van der Waals surface area contributed by atoms with E-state index in [9.17, 15) is 5.11 Å². The predicted octanol–water partition coefficient (Wildman–Crippen LogP) is 3.96. The van der Waals surface area contributed by atoms with Crippen LogP contribution in [0.4, 0.5) is 10.2 Å². The molecule has 9 heteroatoms. The van der Waals surface area contributed by atoms with Crippen LogP contribution >= 0.6 is 0 Å². The van der Waals surface area contributed by atoms with Gasteiger partial charge in [-0.1, -0.05) is 24.3 Å². The van der Waals surface area contributed by atoms with Gasteiger partial charge in [0.1, 0.15) is 29.4 Å². The van der Waals surface area contributed by atoms with Gasteiger partial charge in [0.05, 0.1) is 5.39 Å².